The average molecular weight is 873 g/mol. The largest absolute Gasteiger partial charge is 0.389 e. The number of nitrogens with one attached hydrogen (secondary N) is 2. The highest BCUT2D eigenvalue weighted by Crippen LogP contribution is 2.21. The monoisotopic (exact) mass is 873 g/mol. The first-order chi connectivity index (χ1) is 31.0. The van der Waals surface area contributed by atoms with Gasteiger partial charge in [-0.15, -0.1) is 6.42 Å². The van der Waals surface area contributed by atoms with E-state index in [-0.39, 0.29) is 26.1 Å². The molecule has 64 heavy (non-hydrogen) atoms. The van der Waals surface area contributed by atoms with E-state index in [1.165, 1.54) is 5.53 Å². The van der Waals surface area contributed by atoms with Crippen molar-refractivity contribution in [3.05, 3.63) is 70.0 Å². The van der Waals surface area contributed by atoms with Crippen LogP contribution in [0.25, 0.3) is 10.8 Å². The maximum absolute atomic E-state index is 9.97. The summed E-state index contributed by atoms with van der Waals surface area (Å²) < 4.78 is 6.10. The summed E-state index contributed by atoms with van der Waals surface area (Å²) in [5.41, 5.74) is 8.87. The van der Waals surface area contributed by atoms with Gasteiger partial charge in [0.1, 0.15) is 11.6 Å². The number of hydrazine groups is 1. The number of aromatic nitrogens is 2. The minimum Gasteiger partial charge on any atom is -0.389 e. The minimum atomic E-state index is -0.879. The van der Waals surface area contributed by atoms with Gasteiger partial charge in [-0.05, 0) is 163 Å². The summed E-state index contributed by atoms with van der Waals surface area (Å²) >= 11 is 0. The molecular weight excluding hydrogens is 805 g/mol. The predicted molar refractivity (Wildman–Crippen MR) is 277 cm³/mol. The Labute approximate surface area is 395 Å². The third-order valence-corrected chi connectivity index (χ3v) is 7.42. The van der Waals surface area contributed by atoms with Crippen LogP contribution in [0.5, 0.6) is 0 Å². The molecule has 3 aromatic rings. The van der Waals surface area contributed by atoms with Crippen LogP contribution in [0.3, 0.4) is 0 Å². The van der Waals surface area contributed by atoms with Crippen LogP contribution in [0, 0.1) is 153 Å². The normalized spacial score (nSPS) is 10.4. The van der Waals surface area contributed by atoms with Crippen molar-refractivity contribution in [1.82, 2.24) is 20.4 Å². The molecule has 7 N–H and O–H groups in total. The first-order valence-electron chi connectivity index (χ1n) is 18.8. The SMILES string of the molecule is C#CC#CC#CC#CC#CC#CC#CC#CC#CC#CC#CC#CC.CC(C)(O)CN1CCC(OCc2ccc(NCc3ccc4c(N)nccc4c3)nc2)CC1.NN=NN[N+](=O)[O-].[HH].[HH].[HH].[HH].[HH].[HH].[HH].[HH].[HH].[HH].[HH].[HH].[HH].[HH]. The first-order valence-corrected chi connectivity index (χ1v) is 18.8. The maximum atomic E-state index is 9.97. The number of nitrogens with two attached hydrogens (primary N) is 2. The van der Waals surface area contributed by atoms with Gasteiger partial charge >= 0.3 is 0 Å². The third-order valence-electron chi connectivity index (χ3n) is 7.42. The molecule has 1 aliphatic heterocycles. The number of aliphatic hydroxyl groups is 1. The number of nitrogen functional groups attached to an aromatic ring is 1. The summed E-state index contributed by atoms with van der Waals surface area (Å²) in [5, 5.41) is 28.9. The molecule has 0 bridgehead atoms. The standard InChI is InChI=1S/C25H33N5O2.C25H4.H3N5O2.14H2/c1-25(2,31)17-30-11-8-21(9-12-30)32-16-19-4-6-23(29-15-19)28-14-18-3-5-22-20(13-18)7-10-27-24(22)26;1-3-5-7-9-11-13-15-17-19-21-23-25-24-22-20-18-16-14-12-10-8-6-4-2;1-2-3-4-5(6)7;;;;;;;;;;;;;;/h3-7,10,13,15,21,31H,8-9,11-12,14,16-17H2,1-2H3,(H2,26,27)(H,28,29);1H,2H3;(H2,1,3)(H,2,4);14*1H. The van der Waals surface area contributed by atoms with Gasteiger partial charge in [0.2, 0.25) is 0 Å². The van der Waals surface area contributed by atoms with Gasteiger partial charge in [0.05, 0.1) is 28.6 Å². The van der Waals surface area contributed by atoms with E-state index in [0.29, 0.717) is 25.5 Å². The van der Waals surface area contributed by atoms with E-state index in [4.69, 9.17) is 16.9 Å². The van der Waals surface area contributed by atoms with E-state index in [1.807, 2.05) is 38.2 Å². The van der Waals surface area contributed by atoms with Crippen molar-refractivity contribution in [3.8, 4) is 143 Å². The number of nitro groups is 1. The fourth-order valence-corrected chi connectivity index (χ4v) is 4.92. The lowest BCUT2D eigenvalue weighted by Gasteiger charge is -2.35. The lowest BCUT2D eigenvalue weighted by Crippen LogP contribution is -2.44. The number of anilines is 2. The molecule has 0 spiro atoms. The molecule has 14 nitrogen and oxygen atoms in total. The van der Waals surface area contributed by atoms with Crippen LogP contribution in [-0.2, 0) is 17.9 Å². The molecule has 1 aliphatic rings. The van der Waals surface area contributed by atoms with E-state index in [2.05, 4.69) is 191 Å². The highest BCUT2D eigenvalue weighted by molar-refractivity contribution is 5.91. The topological polar surface area (TPSA) is 202 Å². The summed E-state index contributed by atoms with van der Waals surface area (Å²) in [7, 11) is 0. The van der Waals surface area contributed by atoms with Gasteiger partial charge in [0.25, 0.3) is 0 Å². The van der Waals surface area contributed by atoms with E-state index >= 15 is 0 Å². The molecule has 1 aromatic carbocycles. The molecule has 4 rings (SSSR count). The Morgan fingerprint density at radius 2 is 1.39 bits per heavy atom. The number of piperidine rings is 1. The summed E-state index contributed by atoms with van der Waals surface area (Å²) in [6, 6.07) is 12.2. The Kier molecular flexibility index (Phi) is 25.0. The second kappa shape index (κ2) is 31.5. The van der Waals surface area contributed by atoms with Crippen LogP contribution < -0.4 is 22.4 Å². The van der Waals surface area contributed by atoms with Crippen LogP contribution in [0.15, 0.2) is 59.2 Å². The molecule has 342 valence electrons. The van der Waals surface area contributed by atoms with Gasteiger partial charge in [-0.25, -0.2) is 9.97 Å². The van der Waals surface area contributed by atoms with Crippen molar-refractivity contribution in [2.24, 2.45) is 16.3 Å². The number of likely N-dealkylation sites (tertiary alicyclic amines) is 1. The van der Waals surface area contributed by atoms with Crippen molar-refractivity contribution in [2.75, 3.05) is 30.7 Å². The number of pyridine rings is 2. The summed E-state index contributed by atoms with van der Waals surface area (Å²) in [6.45, 7) is 9.31. The second-order valence-electron chi connectivity index (χ2n) is 12.8. The van der Waals surface area contributed by atoms with Crippen molar-refractivity contribution in [3.63, 3.8) is 0 Å². The summed E-state index contributed by atoms with van der Waals surface area (Å²) in [6.07, 6.45) is 10.8. The number of ether oxygens (including phenoxy) is 1. The quantitative estimate of drug-likeness (QED) is 0.0477. The zero-order chi connectivity index (χ0) is 46.5. The zero-order valence-corrected chi connectivity index (χ0v) is 35.2. The van der Waals surface area contributed by atoms with Crippen LogP contribution in [0.2, 0.25) is 0 Å². The lowest BCUT2D eigenvalue weighted by molar-refractivity contribution is -0.546. The second-order valence-corrected chi connectivity index (χ2v) is 12.8. The van der Waals surface area contributed by atoms with Gasteiger partial charge in [0, 0.05) is 105 Å². The van der Waals surface area contributed by atoms with Crippen molar-refractivity contribution in [1.29, 1.82) is 0 Å². The van der Waals surface area contributed by atoms with Gasteiger partial charge < -0.3 is 35.9 Å². The lowest BCUT2D eigenvalue weighted by atomic mass is 10.0. The molecule has 0 saturated carbocycles. The zero-order valence-electron chi connectivity index (χ0n) is 35.2. The van der Waals surface area contributed by atoms with Gasteiger partial charge in [-0.2, -0.15) is 0 Å². The highest BCUT2D eigenvalue weighted by Gasteiger charge is 2.24. The summed E-state index contributed by atoms with van der Waals surface area (Å²) in [4.78, 5) is 20.2. The van der Waals surface area contributed by atoms with Gasteiger partial charge in [-0.1, -0.05) is 24.1 Å². The van der Waals surface area contributed by atoms with Crippen LogP contribution in [0.4, 0.5) is 11.6 Å². The number of benzene rings is 1. The average Bonchev–Trinajstić information content (AvgIpc) is 3.28. The molecule has 0 unspecified atom stereocenters. The van der Waals surface area contributed by atoms with E-state index < -0.39 is 10.6 Å². The molecular formula is C50H68N10O4. The third kappa shape index (κ3) is 25.2. The van der Waals surface area contributed by atoms with Gasteiger partial charge in [0.15, 0.2) is 5.22 Å². The number of terminal acetylenes is 1. The molecule has 1 fully saturated rings. The number of hydrogen-bond donors (Lipinski definition) is 5. The van der Waals surface area contributed by atoms with E-state index in [0.717, 1.165) is 53.6 Å². The Balaban J connectivity index is -0.0000000767. The molecule has 2 aromatic heterocycles. The first kappa shape index (κ1) is 50.7. The van der Waals surface area contributed by atoms with Crippen LogP contribution in [-0.4, -0.2) is 56.3 Å². The molecule has 0 aliphatic carbocycles. The Bertz CT molecular complexity index is 2940. The molecule has 1 saturated heterocycles. The smallest absolute Gasteiger partial charge is 0.193 e. The number of fused-ring (bicyclic) bond motifs is 1. The Morgan fingerprint density at radius 3 is 1.84 bits per heavy atom. The number of rotatable bonds is 10. The van der Waals surface area contributed by atoms with Crippen molar-refractivity contribution in [2.45, 2.75) is 58.5 Å². The number of hydrogen-bond acceptors (Lipinski definition) is 11. The summed E-state index contributed by atoms with van der Waals surface area (Å²) in [5.74, 6) is 62.7. The maximum Gasteiger partial charge on any atom is 0.193 e. The van der Waals surface area contributed by atoms with Crippen LogP contribution in [0.1, 0.15) is 64.7 Å². The fourth-order valence-electron chi connectivity index (χ4n) is 4.92. The van der Waals surface area contributed by atoms with Crippen molar-refractivity contribution >= 4 is 22.4 Å². The molecule has 3 heterocycles. The van der Waals surface area contributed by atoms with E-state index in [1.54, 1.807) is 13.1 Å². The Hall–Kier alpha value is -9.42. The van der Waals surface area contributed by atoms with E-state index in [9.17, 15) is 15.2 Å². The minimum absolute atomic E-state index is 0. The molecule has 0 radical (unpaired) electrons. The number of nitrogens with zero attached hydrogens (tertiary/aromatic N) is 6. The van der Waals surface area contributed by atoms with Crippen molar-refractivity contribution < 1.29 is 34.8 Å². The Morgan fingerprint density at radius 1 is 0.859 bits per heavy atom. The van der Waals surface area contributed by atoms with Gasteiger partial charge in [-0.3, -0.25) is 5.84 Å². The fraction of sp³-hybridized carbons (Fsp3) is 0.240. The molecule has 0 amide bonds. The predicted octanol–water partition coefficient (Wildman–Crippen LogP) is 6.71. The molecule has 0 atom stereocenters. The molecule has 14 heteroatoms. The van der Waals surface area contributed by atoms with Crippen LogP contribution >= 0.6 is 0 Å². The number of β-amino-alcohol motifs (C(OH)–C–C–N with tert-alkyl or cyclic N) is 1. The highest BCUT2D eigenvalue weighted by atomic mass is 16.7.